The molecule has 0 unspecified atom stereocenters. The second-order valence-corrected chi connectivity index (χ2v) is 6.23. The van der Waals surface area contributed by atoms with E-state index >= 15 is 0 Å². The minimum absolute atomic E-state index is 0.722. The van der Waals surface area contributed by atoms with Gasteiger partial charge in [0.2, 0.25) is 0 Å². The van der Waals surface area contributed by atoms with Gasteiger partial charge in [-0.15, -0.1) is 0 Å². The smallest absolute Gasteiger partial charge is 0.0643 e. The zero-order valence-corrected chi connectivity index (χ0v) is 12.4. The average molecular weight is 279 g/mol. The zero-order chi connectivity index (χ0) is 13.2. The number of rotatable bonds is 7. The minimum atomic E-state index is 0.722. The summed E-state index contributed by atoms with van der Waals surface area (Å²) in [5.41, 5.74) is 2.64. The number of para-hydroxylation sites is 1. The maximum atomic E-state index is 6.49. The molecule has 1 aromatic carbocycles. The fraction of sp³-hybridized carbons (Fsp3) is 0.625. The van der Waals surface area contributed by atoms with Gasteiger partial charge in [0.25, 0.3) is 0 Å². The Morgan fingerprint density at radius 3 is 2.68 bits per heavy atom. The van der Waals surface area contributed by atoms with Crippen molar-refractivity contribution in [2.45, 2.75) is 57.7 Å². The molecule has 104 valence electrons. The summed E-state index contributed by atoms with van der Waals surface area (Å²) in [5.74, 6) is 0. The number of benzene rings is 1. The summed E-state index contributed by atoms with van der Waals surface area (Å²) in [6, 6.07) is 7.80. The second kappa shape index (κ2) is 5.72. The van der Waals surface area contributed by atoms with Gasteiger partial charge in [-0.1, -0.05) is 30.7 Å². The van der Waals surface area contributed by atoms with Crippen molar-refractivity contribution in [1.82, 2.24) is 5.32 Å². The van der Waals surface area contributed by atoms with Gasteiger partial charge in [0.15, 0.2) is 0 Å². The third-order valence-corrected chi connectivity index (χ3v) is 4.27. The van der Waals surface area contributed by atoms with E-state index in [9.17, 15) is 0 Å². The first-order valence-electron chi connectivity index (χ1n) is 7.57. The molecule has 2 saturated carbocycles. The number of halogens is 1. The van der Waals surface area contributed by atoms with E-state index < -0.39 is 0 Å². The molecule has 1 N–H and O–H groups in total. The molecule has 1 aromatic rings. The van der Waals surface area contributed by atoms with Gasteiger partial charge in [0.1, 0.15) is 0 Å². The Hall–Kier alpha value is -0.730. The molecule has 0 radical (unpaired) electrons. The Morgan fingerprint density at radius 2 is 2.05 bits per heavy atom. The fourth-order valence-corrected chi connectivity index (χ4v) is 2.97. The van der Waals surface area contributed by atoms with Crippen LogP contribution in [0.2, 0.25) is 5.02 Å². The SMILES string of the molecule is CCCN(c1c(Cl)cccc1CNC1CC1)C1CC1. The molecule has 2 nitrogen and oxygen atoms in total. The van der Waals surface area contributed by atoms with Crippen LogP contribution in [0, 0.1) is 0 Å². The highest BCUT2D eigenvalue weighted by atomic mass is 35.5. The molecule has 2 aliphatic rings. The molecule has 19 heavy (non-hydrogen) atoms. The van der Waals surface area contributed by atoms with Crippen LogP contribution in [0.15, 0.2) is 18.2 Å². The van der Waals surface area contributed by atoms with Gasteiger partial charge in [-0.25, -0.2) is 0 Å². The number of anilines is 1. The summed E-state index contributed by atoms with van der Waals surface area (Å²) >= 11 is 6.49. The summed E-state index contributed by atoms with van der Waals surface area (Å²) in [4.78, 5) is 2.53. The van der Waals surface area contributed by atoms with Crippen molar-refractivity contribution in [3.05, 3.63) is 28.8 Å². The van der Waals surface area contributed by atoms with E-state index in [0.29, 0.717) is 0 Å². The first kappa shape index (κ1) is 13.3. The third-order valence-electron chi connectivity index (χ3n) is 3.97. The van der Waals surface area contributed by atoms with Gasteiger partial charge in [0.05, 0.1) is 10.7 Å². The first-order valence-corrected chi connectivity index (χ1v) is 7.94. The predicted octanol–water partition coefficient (Wildman–Crippen LogP) is 3.97. The lowest BCUT2D eigenvalue weighted by atomic mass is 10.1. The van der Waals surface area contributed by atoms with Gasteiger partial charge in [0, 0.05) is 25.2 Å². The fourth-order valence-electron chi connectivity index (χ4n) is 2.67. The van der Waals surface area contributed by atoms with E-state index in [-0.39, 0.29) is 0 Å². The Labute approximate surface area is 121 Å². The minimum Gasteiger partial charge on any atom is -0.367 e. The lowest BCUT2D eigenvalue weighted by Crippen LogP contribution is -2.29. The monoisotopic (exact) mass is 278 g/mol. The van der Waals surface area contributed by atoms with Crippen molar-refractivity contribution in [2.24, 2.45) is 0 Å². The van der Waals surface area contributed by atoms with E-state index in [1.165, 1.54) is 43.4 Å². The predicted molar refractivity (Wildman–Crippen MR) is 82.0 cm³/mol. The standard InChI is InChI=1S/C16H23ClN2/c1-2-10-19(14-8-9-14)16-12(4-3-5-15(16)17)11-18-13-6-7-13/h3-5,13-14,18H,2,6-11H2,1H3. The normalized spacial score (nSPS) is 18.6. The Balaban J connectivity index is 1.82. The van der Waals surface area contributed by atoms with Crippen molar-refractivity contribution in [3.8, 4) is 0 Å². The summed E-state index contributed by atoms with van der Waals surface area (Å²) in [6.45, 7) is 4.31. The van der Waals surface area contributed by atoms with E-state index in [1.54, 1.807) is 0 Å². The number of nitrogens with zero attached hydrogens (tertiary/aromatic N) is 1. The van der Waals surface area contributed by atoms with Crippen LogP contribution in [0.5, 0.6) is 0 Å². The van der Waals surface area contributed by atoms with Crippen molar-refractivity contribution >= 4 is 17.3 Å². The van der Waals surface area contributed by atoms with Gasteiger partial charge in [-0.2, -0.15) is 0 Å². The second-order valence-electron chi connectivity index (χ2n) is 5.83. The molecular weight excluding hydrogens is 256 g/mol. The lowest BCUT2D eigenvalue weighted by Gasteiger charge is -2.28. The van der Waals surface area contributed by atoms with Crippen LogP contribution in [0.3, 0.4) is 0 Å². The molecule has 0 aromatic heterocycles. The molecule has 0 heterocycles. The van der Waals surface area contributed by atoms with Crippen LogP contribution >= 0.6 is 11.6 Å². The average Bonchev–Trinajstić information content (AvgIpc) is 3.28. The number of nitrogens with one attached hydrogen (secondary N) is 1. The van der Waals surface area contributed by atoms with Crippen LogP contribution in [-0.4, -0.2) is 18.6 Å². The van der Waals surface area contributed by atoms with Crippen LogP contribution < -0.4 is 10.2 Å². The number of hydrogen-bond acceptors (Lipinski definition) is 2. The lowest BCUT2D eigenvalue weighted by molar-refractivity contribution is 0.680. The molecule has 0 atom stereocenters. The van der Waals surface area contributed by atoms with Crippen LogP contribution in [0.1, 0.15) is 44.6 Å². The van der Waals surface area contributed by atoms with Crippen molar-refractivity contribution in [2.75, 3.05) is 11.4 Å². The Morgan fingerprint density at radius 1 is 1.26 bits per heavy atom. The molecule has 3 rings (SSSR count). The summed E-state index contributed by atoms with van der Waals surface area (Å²) in [6.07, 6.45) is 6.48. The van der Waals surface area contributed by atoms with Crippen molar-refractivity contribution in [1.29, 1.82) is 0 Å². The molecule has 0 spiro atoms. The molecule has 0 bridgehead atoms. The maximum absolute atomic E-state index is 6.49. The highest BCUT2D eigenvalue weighted by Crippen LogP contribution is 2.38. The largest absolute Gasteiger partial charge is 0.367 e. The summed E-state index contributed by atoms with van der Waals surface area (Å²) in [7, 11) is 0. The molecule has 2 fully saturated rings. The Kier molecular flexibility index (Phi) is 3.99. The van der Waals surface area contributed by atoms with Crippen molar-refractivity contribution < 1.29 is 0 Å². The van der Waals surface area contributed by atoms with Crippen molar-refractivity contribution in [3.63, 3.8) is 0 Å². The highest BCUT2D eigenvalue weighted by molar-refractivity contribution is 6.33. The van der Waals surface area contributed by atoms with Gasteiger partial charge < -0.3 is 10.2 Å². The van der Waals surface area contributed by atoms with Gasteiger partial charge >= 0.3 is 0 Å². The molecular formula is C16H23ClN2. The summed E-state index contributed by atoms with van der Waals surface area (Å²) in [5, 5.41) is 4.52. The van der Waals surface area contributed by atoms with E-state index in [2.05, 4.69) is 29.3 Å². The molecule has 3 heteroatoms. The molecule has 0 saturated heterocycles. The quantitative estimate of drug-likeness (QED) is 0.812. The third kappa shape index (κ3) is 3.24. The van der Waals surface area contributed by atoms with E-state index in [4.69, 9.17) is 11.6 Å². The zero-order valence-electron chi connectivity index (χ0n) is 11.7. The molecule has 0 amide bonds. The molecule has 0 aliphatic heterocycles. The van der Waals surface area contributed by atoms with Crippen LogP contribution in [0.4, 0.5) is 5.69 Å². The van der Waals surface area contributed by atoms with Crippen LogP contribution in [0.25, 0.3) is 0 Å². The van der Waals surface area contributed by atoms with Gasteiger partial charge in [-0.3, -0.25) is 0 Å². The van der Waals surface area contributed by atoms with Crippen LogP contribution in [-0.2, 0) is 6.54 Å². The topological polar surface area (TPSA) is 15.3 Å². The first-order chi connectivity index (χ1) is 9.29. The van der Waals surface area contributed by atoms with Gasteiger partial charge in [-0.05, 0) is 43.7 Å². The maximum Gasteiger partial charge on any atom is 0.0643 e. The van der Waals surface area contributed by atoms with E-state index in [1.807, 2.05) is 6.07 Å². The molecule has 2 aliphatic carbocycles. The Bertz CT molecular complexity index is 438. The highest BCUT2D eigenvalue weighted by Gasteiger charge is 2.31. The summed E-state index contributed by atoms with van der Waals surface area (Å²) < 4.78 is 0. The van der Waals surface area contributed by atoms with E-state index in [0.717, 1.165) is 30.2 Å². The number of hydrogen-bond donors (Lipinski definition) is 1.